The van der Waals surface area contributed by atoms with Crippen molar-refractivity contribution in [2.45, 2.75) is 32.5 Å². The summed E-state index contributed by atoms with van der Waals surface area (Å²) in [7, 11) is 0. The summed E-state index contributed by atoms with van der Waals surface area (Å²) in [5, 5.41) is 20.3. The van der Waals surface area contributed by atoms with Gasteiger partial charge in [-0.3, -0.25) is 19.3 Å². The van der Waals surface area contributed by atoms with Crippen LogP contribution in [0.15, 0.2) is 29.2 Å². The van der Waals surface area contributed by atoms with E-state index in [1.165, 1.54) is 23.3 Å². The highest BCUT2D eigenvalue weighted by molar-refractivity contribution is 7.14. The highest BCUT2D eigenvalue weighted by atomic mass is 35.5. The highest BCUT2D eigenvalue weighted by Crippen LogP contribution is 2.32. The Morgan fingerprint density at radius 1 is 1.26 bits per heavy atom. The van der Waals surface area contributed by atoms with E-state index < -0.39 is 47.5 Å². The van der Waals surface area contributed by atoms with Gasteiger partial charge in [-0.1, -0.05) is 35.1 Å². The lowest BCUT2D eigenvalue weighted by Gasteiger charge is -2.42. The molecule has 1 aromatic carbocycles. The van der Waals surface area contributed by atoms with Crippen molar-refractivity contribution in [2.24, 2.45) is 0 Å². The van der Waals surface area contributed by atoms with Crippen LogP contribution in [0.2, 0.25) is 5.02 Å². The molecule has 0 spiro atoms. The molecule has 0 saturated carbocycles. The number of nitrogens with zero attached hydrogens (tertiary/aromatic N) is 5. The quantitative estimate of drug-likeness (QED) is 0.504. The highest BCUT2D eigenvalue weighted by Gasteiger charge is 2.46. The minimum Gasteiger partial charge on any atom is -0.502 e. The summed E-state index contributed by atoms with van der Waals surface area (Å²) in [6, 6.07) is 2.38. The van der Waals surface area contributed by atoms with E-state index in [9.17, 15) is 32.3 Å². The molecule has 0 fully saturated rings. The van der Waals surface area contributed by atoms with Gasteiger partial charge in [0.25, 0.3) is 5.91 Å². The predicted molar refractivity (Wildman–Crippen MR) is 121 cm³/mol. The van der Waals surface area contributed by atoms with E-state index in [1.54, 1.807) is 13.0 Å². The normalized spacial score (nSPS) is 14.9. The standard InChI is InChI=1S/C21H18ClF4N5O3S/c1-3-29-9-30(10(2)21(24,25)26)20(34)16-18(33)17(32)12(8-31(16)29)19-28-27-14(35-19)7-11-5-4-6-13(22)15(11)23/h4-6,8,10,33H,3,7,9H2,1-2H3/t10-/m1/s1. The first-order valence-corrected chi connectivity index (χ1v) is 11.5. The number of hydrogen-bond donors (Lipinski definition) is 1. The molecule has 1 N–H and O–H groups in total. The lowest BCUT2D eigenvalue weighted by molar-refractivity contribution is -0.173. The zero-order chi connectivity index (χ0) is 25.7. The van der Waals surface area contributed by atoms with Gasteiger partial charge < -0.3 is 10.0 Å². The number of benzene rings is 1. The Morgan fingerprint density at radius 2 is 1.97 bits per heavy atom. The average Bonchev–Trinajstić information content (AvgIpc) is 3.26. The molecule has 14 heteroatoms. The number of hydrogen-bond acceptors (Lipinski definition) is 7. The SMILES string of the molecule is CCN1CN([C@H](C)C(F)(F)F)C(=O)c2c(O)c(=O)c(-c3nnc(Cc4cccc(Cl)c4F)s3)cn21. The Kier molecular flexibility index (Phi) is 6.49. The van der Waals surface area contributed by atoms with Gasteiger partial charge in [0.2, 0.25) is 5.43 Å². The fraction of sp³-hybridized carbons (Fsp3) is 0.333. The summed E-state index contributed by atoms with van der Waals surface area (Å²) in [6.07, 6.45) is -3.41. The molecule has 8 nitrogen and oxygen atoms in total. The van der Waals surface area contributed by atoms with Gasteiger partial charge in [-0.15, -0.1) is 10.2 Å². The molecule has 2 aromatic heterocycles. The number of amides is 1. The third-order valence-corrected chi connectivity index (χ3v) is 6.87. The number of alkyl halides is 3. The number of fused-ring (bicyclic) bond motifs is 1. The number of pyridine rings is 1. The van der Waals surface area contributed by atoms with E-state index in [2.05, 4.69) is 10.2 Å². The molecule has 1 aliphatic heterocycles. The maximum Gasteiger partial charge on any atom is 0.408 e. The molecule has 186 valence electrons. The van der Waals surface area contributed by atoms with Gasteiger partial charge >= 0.3 is 6.18 Å². The van der Waals surface area contributed by atoms with Crippen LogP contribution < -0.4 is 10.4 Å². The summed E-state index contributed by atoms with van der Waals surface area (Å²) in [5.41, 5.74) is -1.40. The van der Waals surface area contributed by atoms with Crippen LogP contribution in [0.5, 0.6) is 5.75 Å². The number of carbonyl (C=O) groups excluding carboxylic acids is 1. The van der Waals surface area contributed by atoms with Gasteiger partial charge in [0.05, 0.1) is 10.6 Å². The smallest absolute Gasteiger partial charge is 0.408 e. The van der Waals surface area contributed by atoms with Gasteiger partial charge in [0, 0.05) is 19.2 Å². The molecule has 1 amide bonds. The fourth-order valence-corrected chi connectivity index (χ4v) is 4.68. The van der Waals surface area contributed by atoms with Crippen molar-refractivity contribution in [3.63, 3.8) is 0 Å². The largest absolute Gasteiger partial charge is 0.502 e. The maximum atomic E-state index is 14.2. The van der Waals surface area contributed by atoms with Crippen LogP contribution in [0.4, 0.5) is 17.6 Å². The molecule has 1 atom stereocenters. The fourth-order valence-electron chi connectivity index (χ4n) is 3.62. The topological polar surface area (TPSA) is 91.6 Å². The zero-order valence-electron chi connectivity index (χ0n) is 18.3. The zero-order valence-corrected chi connectivity index (χ0v) is 19.9. The lowest BCUT2D eigenvalue weighted by atomic mass is 10.1. The minimum absolute atomic E-state index is 0.0478. The molecule has 0 unspecified atom stereocenters. The van der Waals surface area contributed by atoms with Crippen molar-refractivity contribution in [3.05, 3.63) is 61.7 Å². The maximum absolute atomic E-state index is 14.2. The predicted octanol–water partition coefficient (Wildman–Crippen LogP) is 3.78. The van der Waals surface area contributed by atoms with Crippen molar-refractivity contribution < 1.29 is 27.5 Å². The molecule has 0 radical (unpaired) electrons. The van der Waals surface area contributed by atoms with Crippen molar-refractivity contribution >= 4 is 28.8 Å². The summed E-state index contributed by atoms with van der Waals surface area (Å²) >= 11 is 6.77. The van der Waals surface area contributed by atoms with Crippen LogP contribution in [0.25, 0.3) is 10.6 Å². The molecule has 3 aromatic rings. The molecule has 1 aliphatic rings. The van der Waals surface area contributed by atoms with Crippen molar-refractivity contribution in [2.75, 3.05) is 18.2 Å². The molecule has 0 aliphatic carbocycles. The number of rotatable bonds is 5. The minimum atomic E-state index is -4.70. The molecule has 35 heavy (non-hydrogen) atoms. The Balaban J connectivity index is 1.74. The van der Waals surface area contributed by atoms with E-state index in [4.69, 9.17) is 11.6 Å². The van der Waals surface area contributed by atoms with E-state index in [0.717, 1.165) is 22.9 Å². The lowest BCUT2D eigenvalue weighted by Crippen LogP contribution is -2.59. The summed E-state index contributed by atoms with van der Waals surface area (Å²) in [4.78, 5) is 26.3. The number of aromatic hydroxyl groups is 1. The first-order valence-electron chi connectivity index (χ1n) is 10.3. The van der Waals surface area contributed by atoms with Gasteiger partial charge in [-0.05, 0) is 25.5 Å². The van der Waals surface area contributed by atoms with E-state index in [1.807, 2.05) is 0 Å². The monoisotopic (exact) mass is 531 g/mol. The van der Waals surface area contributed by atoms with Crippen molar-refractivity contribution in [1.82, 2.24) is 19.8 Å². The van der Waals surface area contributed by atoms with Gasteiger partial charge in [-0.25, -0.2) is 4.39 Å². The number of halogens is 5. The molecular weight excluding hydrogens is 514 g/mol. The third kappa shape index (κ3) is 4.45. The van der Waals surface area contributed by atoms with Gasteiger partial charge in [0.15, 0.2) is 16.5 Å². The van der Waals surface area contributed by atoms with Crippen molar-refractivity contribution in [3.8, 4) is 16.3 Å². The second-order valence-electron chi connectivity index (χ2n) is 7.76. The number of aromatic nitrogens is 3. The average molecular weight is 532 g/mol. The summed E-state index contributed by atoms with van der Waals surface area (Å²) in [6.45, 7) is 2.22. The molecule has 0 saturated heterocycles. The first kappa shape index (κ1) is 24.9. The van der Waals surface area contributed by atoms with Crippen LogP contribution >= 0.6 is 22.9 Å². The molecular formula is C21H18ClF4N5O3S. The van der Waals surface area contributed by atoms with Crippen LogP contribution in [0.3, 0.4) is 0 Å². The van der Waals surface area contributed by atoms with Gasteiger partial charge in [0.1, 0.15) is 23.5 Å². The number of carbonyl (C=O) groups is 1. The Labute approximate surface area is 205 Å². The van der Waals surface area contributed by atoms with Crippen LogP contribution in [-0.4, -0.2) is 56.2 Å². The van der Waals surface area contributed by atoms with E-state index >= 15 is 0 Å². The molecule has 3 heterocycles. The Morgan fingerprint density at radius 3 is 2.63 bits per heavy atom. The first-order chi connectivity index (χ1) is 16.4. The van der Waals surface area contributed by atoms with Crippen molar-refractivity contribution in [1.29, 1.82) is 0 Å². The van der Waals surface area contributed by atoms with Gasteiger partial charge in [-0.2, -0.15) is 13.2 Å². The van der Waals surface area contributed by atoms with Crippen LogP contribution in [0.1, 0.15) is 34.9 Å². The molecule has 0 bridgehead atoms. The Hall–Kier alpha value is -3.19. The third-order valence-electron chi connectivity index (χ3n) is 5.63. The second kappa shape index (κ2) is 9.11. The van der Waals surface area contributed by atoms with Crippen LogP contribution in [0, 0.1) is 5.82 Å². The van der Waals surface area contributed by atoms with E-state index in [-0.39, 0.29) is 34.1 Å². The second-order valence-corrected chi connectivity index (χ2v) is 9.23. The Bertz CT molecular complexity index is 1360. The van der Waals surface area contributed by atoms with E-state index in [0.29, 0.717) is 9.91 Å². The van der Waals surface area contributed by atoms with Crippen LogP contribution in [-0.2, 0) is 6.42 Å². The summed E-state index contributed by atoms with van der Waals surface area (Å²) in [5.74, 6) is -2.73. The molecule has 4 rings (SSSR count). The summed E-state index contributed by atoms with van der Waals surface area (Å²) < 4.78 is 55.3.